The first kappa shape index (κ1) is 69.2. The van der Waals surface area contributed by atoms with Gasteiger partial charge in [0.25, 0.3) is 0 Å². The minimum absolute atomic E-state index is 0.0335. The van der Waals surface area contributed by atoms with Gasteiger partial charge in [-0.15, -0.1) is 0 Å². The van der Waals surface area contributed by atoms with Gasteiger partial charge in [-0.3, -0.25) is 52.9 Å². The second kappa shape index (κ2) is 33.1. The SMILES string of the molecule is CC(C)C[C@H](NC(=O)[C@@H](Cc1cn(Cc2ccccc2)cn1)NC(=O)[C@H](Cc1ccc(O)cc1)NC(=O)[C@H](CO)NC(=O)[C@H](Cc1c[nH]c2ccccc12)NC(=O)[C@H](Cc1cnc[nH]1)NC(=O)[C@@H]1CCC(=O)N1)C(=O)N[C@@H](CCCN=C(N)N)C(=O)N1CCC[C@H]1C(N)=O. The predicted molar refractivity (Wildman–Crippen MR) is 343 cm³/mol. The maximum Gasteiger partial charge on any atom is 0.245 e. The van der Waals surface area contributed by atoms with Gasteiger partial charge in [0.15, 0.2) is 5.96 Å². The second-order valence-electron chi connectivity index (χ2n) is 23.9. The topological polar surface area (TPSA) is 463 Å². The summed E-state index contributed by atoms with van der Waals surface area (Å²) in [5, 5.41) is 43.3. The lowest BCUT2D eigenvalue weighted by atomic mass is 10.0. The highest BCUT2D eigenvalue weighted by Crippen LogP contribution is 2.22. The van der Waals surface area contributed by atoms with Crippen LogP contribution in [0, 0.1) is 5.92 Å². The van der Waals surface area contributed by atoms with Crippen molar-refractivity contribution in [2.45, 2.75) is 145 Å². The number of hydrogen-bond donors (Lipinski definition) is 15. The van der Waals surface area contributed by atoms with Crippen molar-refractivity contribution >= 4 is 75.9 Å². The molecule has 0 aliphatic carbocycles. The molecule has 2 saturated heterocycles. The van der Waals surface area contributed by atoms with Crippen molar-refractivity contribution in [3.05, 3.63) is 138 Å². The number of aliphatic hydroxyl groups is 1. The van der Waals surface area contributed by atoms with Gasteiger partial charge in [-0.2, -0.15) is 0 Å². The van der Waals surface area contributed by atoms with Crippen molar-refractivity contribution in [1.29, 1.82) is 0 Å². The number of aliphatic imine (C=N–C) groups is 1. The molecule has 2 fully saturated rings. The number of hydrogen-bond acceptors (Lipinski definition) is 15. The van der Waals surface area contributed by atoms with Gasteiger partial charge in [-0.25, -0.2) is 9.97 Å². The average molecular weight is 1300 g/mol. The Labute approximate surface area is 541 Å². The Morgan fingerprint density at radius 1 is 0.691 bits per heavy atom. The first-order valence-electron chi connectivity index (χ1n) is 31.1. The number of nitrogens with one attached hydrogen (secondary N) is 10. The number of nitrogens with zero attached hydrogens (tertiary/aromatic N) is 5. The number of benzene rings is 3. The molecular formula is C64H82N18O12. The number of nitrogens with two attached hydrogens (primary N) is 3. The van der Waals surface area contributed by atoms with Gasteiger partial charge in [-0.1, -0.05) is 74.5 Å². The third kappa shape index (κ3) is 19.7. The molecule has 2 aliphatic heterocycles. The van der Waals surface area contributed by atoms with Crippen LogP contribution in [0.3, 0.4) is 0 Å². The summed E-state index contributed by atoms with van der Waals surface area (Å²) in [5.74, 6) is -8.23. The summed E-state index contributed by atoms with van der Waals surface area (Å²) in [6.45, 7) is 3.30. The fourth-order valence-electron chi connectivity index (χ4n) is 11.3. The number of primary amides is 1. The number of aromatic hydroxyl groups is 1. The molecular weight excluding hydrogens is 1210 g/mol. The molecule has 5 heterocycles. The number of para-hydroxylation sites is 1. The van der Waals surface area contributed by atoms with E-state index in [1.807, 2.05) is 50.2 Å². The van der Waals surface area contributed by atoms with E-state index < -0.39 is 114 Å². The third-order valence-corrected chi connectivity index (χ3v) is 16.2. The van der Waals surface area contributed by atoms with E-state index in [2.05, 4.69) is 67.5 Å². The van der Waals surface area contributed by atoms with Gasteiger partial charge in [0.1, 0.15) is 60.1 Å². The zero-order chi connectivity index (χ0) is 67.4. The lowest BCUT2D eigenvalue weighted by Crippen LogP contribution is -2.61. The van der Waals surface area contributed by atoms with E-state index in [1.165, 1.54) is 41.7 Å². The summed E-state index contributed by atoms with van der Waals surface area (Å²) in [6.07, 6.45) is 8.26. The largest absolute Gasteiger partial charge is 0.508 e. The van der Waals surface area contributed by atoms with Crippen LogP contribution in [-0.4, -0.2) is 179 Å². The molecule has 0 saturated carbocycles. The molecule has 0 spiro atoms. The van der Waals surface area contributed by atoms with Crippen LogP contribution in [0.15, 0.2) is 115 Å². The van der Waals surface area contributed by atoms with E-state index in [4.69, 9.17) is 17.2 Å². The number of aromatic nitrogens is 5. The molecule has 30 heteroatoms. The van der Waals surface area contributed by atoms with Crippen LogP contribution in [0.5, 0.6) is 5.75 Å². The molecule has 18 N–H and O–H groups in total. The van der Waals surface area contributed by atoms with Crippen molar-refractivity contribution in [2.75, 3.05) is 19.7 Å². The summed E-state index contributed by atoms with van der Waals surface area (Å²) in [5.41, 5.74) is 20.2. The predicted octanol–water partition coefficient (Wildman–Crippen LogP) is -1.65. The average Bonchev–Trinajstić information content (AvgIpc) is 1.62. The highest BCUT2D eigenvalue weighted by atomic mass is 16.3. The fourth-order valence-corrected chi connectivity index (χ4v) is 11.3. The number of carbonyl (C=O) groups excluding carboxylic acids is 10. The van der Waals surface area contributed by atoms with Crippen molar-refractivity contribution in [3.8, 4) is 5.75 Å². The van der Waals surface area contributed by atoms with Gasteiger partial charge in [0.05, 0.1) is 25.0 Å². The molecule has 8 rings (SSSR count). The number of amides is 10. The van der Waals surface area contributed by atoms with E-state index >= 15 is 9.59 Å². The van der Waals surface area contributed by atoms with Gasteiger partial charge in [0.2, 0.25) is 59.1 Å². The molecule has 9 atom stereocenters. The van der Waals surface area contributed by atoms with Crippen LogP contribution in [0.4, 0.5) is 0 Å². The molecule has 0 unspecified atom stereocenters. The lowest BCUT2D eigenvalue weighted by Gasteiger charge is -2.30. The standard InChI is InChI=1S/C64H82N18O12/c1-36(2)24-47(57(88)74-46(14-8-22-69-64(66)67)63(94)82-23-9-15-53(82)55(65)86)75-61(92)51(28-41-32-81(35-72-41)31-38-10-4-3-5-11-38)79-58(89)48(25-37-16-18-42(84)19-17-37)76-62(93)52(33-83)80-59(90)49(26-39-29-70-44-13-7-6-12-43(39)44)77-60(91)50(27-40-30-68-34-71-40)78-56(87)45-20-21-54(85)73-45/h3-7,10-13,16-19,29-30,32,34-36,45-53,70,83-84H,8-9,14-15,20-28,31,33H2,1-2H3,(H2,65,86)(H,68,71)(H,73,85)(H,74,88)(H,75,92)(H,76,93)(H,77,91)(H,78,87)(H,79,89)(H,80,90)(H4,66,67,69)/t45-,46-,47-,48-,49-,50-,51+,52-,53-/m0/s1. The zero-order valence-corrected chi connectivity index (χ0v) is 52.2. The van der Waals surface area contributed by atoms with Crippen LogP contribution >= 0.6 is 0 Å². The lowest BCUT2D eigenvalue weighted by molar-refractivity contribution is -0.141. The van der Waals surface area contributed by atoms with Gasteiger partial charge >= 0.3 is 0 Å². The summed E-state index contributed by atoms with van der Waals surface area (Å²) in [7, 11) is 0. The van der Waals surface area contributed by atoms with Crippen LogP contribution in [0.25, 0.3) is 10.9 Å². The van der Waals surface area contributed by atoms with Crippen molar-refractivity contribution in [1.82, 2.24) is 71.9 Å². The molecule has 500 valence electrons. The molecule has 3 aromatic carbocycles. The third-order valence-electron chi connectivity index (χ3n) is 16.2. The number of aliphatic hydroxyl groups excluding tert-OH is 1. The number of rotatable bonds is 33. The number of H-pyrrole nitrogens is 2. The Kier molecular flexibility index (Phi) is 24.4. The summed E-state index contributed by atoms with van der Waals surface area (Å²) in [6, 6.07) is 10.2. The smallest absolute Gasteiger partial charge is 0.245 e. The quantitative estimate of drug-likeness (QED) is 0.0125. The Bertz CT molecular complexity index is 3650. The van der Waals surface area contributed by atoms with E-state index in [9.17, 15) is 48.6 Å². The number of carbonyl (C=O) groups is 10. The normalized spacial score (nSPS) is 16.7. The summed E-state index contributed by atoms with van der Waals surface area (Å²) < 4.78 is 1.77. The second-order valence-corrected chi connectivity index (χ2v) is 23.9. The fraction of sp³-hybridized carbons (Fsp3) is 0.422. The molecule has 0 bridgehead atoms. The summed E-state index contributed by atoms with van der Waals surface area (Å²) in [4.78, 5) is 161. The number of fused-ring (bicyclic) bond motifs is 1. The Hall–Kier alpha value is -10.6. The minimum atomic E-state index is -1.80. The van der Waals surface area contributed by atoms with E-state index in [1.54, 1.807) is 41.5 Å². The van der Waals surface area contributed by atoms with Gasteiger partial charge in [0, 0.05) is 86.9 Å². The van der Waals surface area contributed by atoms with Crippen LogP contribution < -0.4 is 59.7 Å². The molecule has 30 nitrogen and oxygen atoms in total. The number of likely N-dealkylation sites (tertiary alicyclic amines) is 1. The molecule has 0 radical (unpaired) electrons. The van der Waals surface area contributed by atoms with Gasteiger partial charge in [-0.05, 0) is 79.3 Å². The van der Waals surface area contributed by atoms with Gasteiger partial charge < -0.3 is 89.4 Å². The van der Waals surface area contributed by atoms with E-state index in [-0.39, 0.29) is 94.4 Å². The maximum atomic E-state index is 15.1. The van der Waals surface area contributed by atoms with E-state index in [0.29, 0.717) is 52.8 Å². The molecule has 10 amide bonds. The summed E-state index contributed by atoms with van der Waals surface area (Å²) >= 11 is 0. The highest BCUT2D eigenvalue weighted by Gasteiger charge is 2.40. The maximum absolute atomic E-state index is 15.1. The Morgan fingerprint density at radius 2 is 1.31 bits per heavy atom. The number of phenolic OH excluding ortho intramolecular Hbond substituents is 1. The number of guanidine groups is 1. The number of phenols is 1. The Balaban J connectivity index is 1.06. The zero-order valence-electron chi connectivity index (χ0n) is 52.2. The van der Waals surface area contributed by atoms with Crippen molar-refractivity contribution < 1.29 is 58.2 Å². The number of aromatic amines is 2. The molecule has 94 heavy (non-hydrogen) atoms. The monoisotopic (exact) mass is 1290 g/mol. The first-order chi connectivity index (χ1) is 45.1. The van der Waals surface area contributed by atoms with E-state index in [0.717, 1.165) is 5.56 Å². The Morgan fingerprint density at radius 3 is 1.95 bits per heavy atom. The van der Waals surface area contributed by atoms with Crippen LogP contribution in [-0.2, 0) is 80.2 Å². The van der Waals surface area contributed by atoms with Crippen molar-refractivity contribution in [2.24, 2.45) is 28.1 Å². The molecule has 3 aromatic heterocycles. The van der Waals surface area contributed by atoms with Crippen molar-refractivity contribution in [3.63, 3.8) is 0 Å². The first-order valence-corrected chi connectivity index (χ1v) is 31.1. The molecule has 2 aliphatic rings. The molecule has 6 aromatic rings. The number of imidazole rings is 2. The van der Waals surface area contributed by atoms with Crippen LogP contribution in [0.1, 0.15) is 86.9 Å². The van der Waals surface area contributed by atoms with Crippen LogP contribution in [0.2, 0.25) is 0 Å². The minimum Gasteiger partial charge on any atom is -0.508 e. The highest BCUT2D eigenvalue weighted by molar-refractivity contribution is 5.99.